The van der Waals surface area contributed by atoms with E-state index in [0.29, 0.717) is 18.2 Å². The minimum absolute atomic E-state index is 0.114. The van der Waals surface area contributed by atoms with Crippen LogP contribution < -0.4 is 20.1 Å². The molecule has 7 heteroatoms. The Hall–Kier alpha value is -2.80. The first-order chi connectivity index (χ1) is 14.1. The normalized spacial score (nSPS) is 19.1. The Bertz CT molecular complexity index is 802. The molecule has 156 valence electrons. The van der Waals surface area contributed by atoms with Crippen molar-refractivity contribution >= 4 is 5.96 Å². The second-order valence-corrected chi connectivity index (χ2v) is 7.24. The Morgan fingerprint density at radius 1 is 1.24 bits per heavy atom. The fraction of sp³-hybridized carbons (Fsp3) is 0.455. The summed E-state index contributed by atoms with van der Waals surface area (Å²) in [5.41, 5.74) is 0.889. The van der Waals surface area contributed by atoms with Crippen LogP contribution in [0.15, 0.2) is 47.6 Å². The summed E-state index contributed by atoms with van der Waals surface area (Å²) in [4.78, 5) is 9.03. The van der Waals surface area contributed by atoms with E-state index >= 15 is 0 Å². The van der Waals surface area contributed by atoms with Gasteiger partial charge in [-0.2, -0.15) is 0 Å². The molecule has 0 amide bonds. The van der Waals surface area contributed by atoms with Gasteiger partial charge in [-0.3, -0.25) is 0 Å². The van der Waals surface area contributed by atoms with E-state index in [1.54, 1.807) is 13.3 Å². The van der Waals surface area contributed by atoms with Crippen molar-refractivity contribution in [2.45, 2.75) is 38.8 Å². The summed E-state index contributed by atoms with van der Waals surface area (Å²) in [5, 5.41) is 6.66. The first-order valence-corrected chi connectivity index (χ1v) is 10.0. The number of hydrogen-bond acceptors (Lipinski definition) is 5. The van der Waals surface area contributed by atoms with Gasteiger partial charge in [0.2, 0.25) is 5.88 Å². The maximum absolute atomic E-state index is 5.83. The molecule has 0 radical (unpaired) electrons. The third-order valence-corrected chi connectivity index (χ3v) is 4.76. The maximum Gasteiger partial charge on any atom is 0.219 e. The number of benzene rings is 1. The average molecular weight is 399 g/mol. The molecule has 3 rings (SSSR count). The number of rotatable bonds is 8. The Labute approximate surface area is 172 Å². The number of aliphatic imine (C=N–C) groups is 1. The SMILES string of the molecule is CCNC(=NCc1ccc(Oc2cccc(OC)c2)nc1)NCC1(C)CCCO1. The number of pyridine rings is 1. The van der Waals surface area contributed by atoms with Crippen molar-refractivity contribution in [1.82, 2.24) is 15.6 Å². The van der Waals surface area contributed by atoms with Crippen molar-refractivity contribution in [3.8, 4) is 17.4 Å². The lowest BCUT2D eigenvalue weighted by Gasteiger charge is -2.24. The van der Waals surface area contributed by atoms with Crippen LogP contribution in [0.4, 0.5) is 0 Å². The molecule has 2 heterocycles. The number of nitrogens with zero attached hydrogens (tertiary/aromatic N) is 2. The summed E-state index contributed by atoms with van der Waals surface area (Å²) in [7, 11) is 1.63. The fourth-order valence-electron chi connectivity index (χ4n) is 3.11. The van der Waals surface area contributed by atoms with E-state index in [0.717, 1.165) is 49.8 Å². The molecule has 0 aliphatic carbocycles. The quantitative estimate of drug-likeness (QED) is 0.523. The van der Waals surface area contributed by atoms with E-state index in [1.165, 1.54) is 0 Å². The number of hydrogen-bond donors (Lipinski definition) is 2. The van der Waals surface area contributed by atoms with Crippen molar-refractivity contribution in [2.24, 2.45) is 4.99 Å². The Morgan fingerprint density at radius 2 is 2.10 bits per heavy atom. The molecule has 1 aliphatic rings. The van der Waals surface area contributed by atoms with Gasteiger partial charge in [0.15, 0.2) is 5.96 Å². The summed E-state index contributed by atoms with van der Waals surface area (Å²) in [6.07, 6.45) is 3.96. The molecule has 1 atom stereocenters. The molecule has 29 heavy (non-hydrogen) atoms. The first-order valence-electron chi connectivity index (χ1n) is 10.0. The standard InChI is InChI=1S/C22H30N4O3/c1-4-23-21(26-16-22(2)11-6-12-28-22)25-15-17-9-10-20(24-14-17)29-19-8-5-7-18(13-19)27-3/h5,7-10,13-14H,4,6,11-12,15-16H2,1-3H3,(H2,23,25,26). The monoisotopic (exact) mass is 398 g/mol. The van der Waals surface area contributed by atoms with Crippen LogP contribution in [0.1, 0.15) is 32.3 Å². The van der Waals surface area contributed by atoms with Crippen LogP contribution >= 0.6 is 0 Å². The number of ether oxygens (including phenoxy) is 3. The number of aromatic nitrogens is 1. The smallest absolute Gasteiger partial charge is 0.219 e. The second-order valence-electron chi connectivity index (χ2n) is 7.24. The number of methoxy groups -OCH3 is 1. The number of nitrogens with one attached hydrogen (secondary N) is 2. The molecule has 0 spiro atoms. The third-order valence-electron chi connectivity index (χ3n) is 4.76. The molecule has 1 fully saturated rings. The molecule has 2 N–H and O–H groups in total. The minimum Gasteiger partial charge on any atom is -0.497 e. The highest BCUT2D eigenvalue weighted by Gasteiger charge is 2.29. The lowest BCUT2D eigenvalue weighted by atomic mass is 10.0. The van der Waals surface area contributed by atoms with Crippen molar-refractivity contribution in [3.05, 3.63) is 48.2 Å². The van der Waals surface area contributed by atoms with Crippen molar-refractivity contribution < 1.29 is 14.2 Å². The van der Waals surface area contributed by atoms with E-state index in [1.807, 2.05) is 36.4 Å². The van der Waals surface area contributed by atoms with Crippen LogP contribution in [-0.4, -0.2) is 43.4 Å². The van der Waals surface area contributed by atoms with Gasteiger partial charge in [-0.15, -0.1) is 0 Å². The Morgan fingerprint density at radius 3 is 2.79 bits per heavy atom. The van der Waals surface area contributed by atoms with Crippen LogP contribution in [0, 0.1) is 0 Å². The van der Waals surface area contributed by atoms with Gasteiger partial charge in [-0.1, -0.05) is 12.1 Å². The molecule has 0 bridgehead atoms. The van der Waals surface area contributed by atoms with Gasteiger partial charge < -0.3 is 24.8 Å². The zero-order valence-corrected chi connectivity index (χ0v) is 17.4. The lowest BCUT2D eigenvalue weighted by molar-refractivity contribution is 0.0243. The van der Waals surface area contributed by atoms with E-state index in [9.17, 15) is 0 Å². The zero-order valence-electron chi connectivity index (χ0n) is 17.4. The molecule has 2 aromatic rings. The lowest BCUT2D eigenvalue weighted by Crippen LogP contribution is -2.45. The second kappa shape index (κ2) is 10.1. The molecule has 1 unspecified atom stereocenters. The summed E-state index contributed by atoms with van der Waals surface area (Å²) >= 11 is 0. The summed E-state index contributed by atoms with van der Waals surface area (Å²) in [6, 6.07) is 11.3. The van der Waals surface area contributed by atoms with Gasteiger partial charge in [0, 0.05) is 38.0 Å². The Kier molecular flexibility index (Phi) is 7.30. The average Bonchev–Trinajstić information content (AvgIpc) is 3.18. The van der Waals surface area contributed by atoms with Crippen LogP contribution in [0.3, 0.4) is 0 Å². The molecular formula is C22H30N4O3. The van der Waals surface area contributed by atoms with Crippen molar-refractivity contribution in [1.29, 1.82) is 0 Å². The minimum atomic E-state index is -0.114. The number of guanidine groups is 1. The van der Waals surface area contributed by atoms with E-state index < -0.39 is 0 Å². The van der Waals surface area contributed by atoms with Crippen molar-refractivity contribution in [3.63, 3.8) is 0 Å². The summed E-state index contributed by atoms with van der Waals surface area (Å²) in [6.45, 7) is 7.10. The van der Waals surface area contributed by atoms with E-state index in [2.05, 4.69) is 34.5 Å². The molecule has 1 aliphatic heterocycles. The Balaban J connectivity index is 1.56. The zero-order chi connectivity index (χ0) is 20.5. The highest BCUT2D eigenvalue weighted by molar-refractivity contribution is 5.79. The largest absolute Gasteiger partial charge is 0.497 e. The van der Waals surface area contributed by atoms with E-state index in [4.69, 9.17) is 14.2 Å². The molecule has 1 aromatic heterocycles. The van der Waals surface area contributed by atoms with Crippen LogP contribution in [-0.2, 0) is 11.3 Å². The summed E-state index contributed by atoms with van der Waals surface area (Å²) < 4.78 is 16.8. The molecule has 1 saturated heterocycles. The van der Waals surface area contributed by atoms with Gasteiger partial charge in [0.05, 0.1) is 19.3 Å². The van der Waals surface area contributed by atoms with Crippen molar-refractivity contribution in [2.75, 3.05) is 26.8 Å². The molecule has 1 aromatic carbocycles. The predicted molar refractivity (Wildman–Crippen MR) is 114 cm³/mol. The third kappa shape index (κ3) is 6.35. The van der Waals surface area contributed by atoms with Gasteiger partial charge in [-0.05, 0) is 44.4 Å². The van der Waals surface area contributed by atoms with Crippen LogP contribution in [0.5, 0.6) is 17.4 Å². The summed E-state index contributed by atoms with van der Waals surface area (Å²) in [5.74, 6) is 2.74. The fourth-order valence-corrected chi connectivity index (χ4v) is 3.11. The van der Waals surface area contributed by atoms with Crippen LogP contribution in [0.25, 0.3) is 0 Å². The topological polar surface area (TPSA) is 77.0 Å². The van der Waals surface area contributed by atoms with Gasteiger partial charge >= 0.3 is 0 Å². The molecule has 7 nitrogen and oxygen atoms in total. The van der Waals surface area contributed by atoms with Crippen LogP contribution in [0.2, 0.25) is 0 Å². The highest BCUT2D eigenvalue weighted by atomic mass is 16.5. The van der Waals surface area contributed by atoms with Gasteiger partial charge in [0.1, 0.15) is 11.5 Å². The maximum atomic E-state index is 5.83. The van der Waals surface area contributed by atoms with E-state index in [-0.39, 0.29) is 5.60 Å². The van der Waals surface area contributed by atoms with Gasteiger partial charge in [0.25, 0.3) is 0 Å². The highest BCUT2D eigenvalue weighted by Crippen LogP contribution is 2.24. The molecular weight excluding hydrogens is 368 g/mol. The predicted octanol–water partition coefficient (Wildman–Crippen LogP) is 3.51. The first kappa shape index (κ1) is 20.9. The molecule has 0 saturated carbocycles. The van der Waals surface area contributed by atoms with Gasteiger partial charge in [-0.25, -0.2) is 9.98 Å².